The maximum Gasteiger partial charge on any atom is 0.404 e. The fourth-order valence-electron chi connectivity index (χ4n) is 2.06. The summed E-state index contributed by atoms with van der Waals surface area (Å²) in [5.41, 5.74) is 5.32. The zero-order chi connectivity index (χ0) is 12.0. The number of piperidine rings is 1. The molecule has 2 amide bonds. The Hall–Kier alpha value is -1.30. The predicted octanol–water partition coefficient (Wildman–Crippen LogP) is -0.0161. The highest BCUT2D eigenvalue weighted by Gasteiger charge is 2.25. The fourth-order valence-corrected chi connectivity index (χ4v) is 2.06. The average molecular weight is 229 g/mol. The number of hydrogen-bond donors (Lipinski definition) is 3. The number of rotatable bonds is 5. The second kappa shape index (κ2) is 6.32. The van der Waals surface area contributed by atoms with Crippen LogP contribution in [-0.2, 0) is 4.79 Å². The lowest BCUT2D eigenvalue weighted by Crippen LogP contribution is -2.48. The van der Waals surface area contributed by atoms with E-state index in [4.69, 9.17) is 10.8 Å². The number of primary amides is 1. The number of hydrogen-bond acceptors (Lipinski definition) is 3. The maximum absolute atomic E-state index is 11.2. The average Bonchev–Trinajstić information content (AvgIpc) is 2.24. The van der Waals surface area contributed by atoms with Gasteiger partial charge in [-0.15, -0.1) is 0 Å². The first-order valence-corrected chi connectivity index (χ1v) is 5.61. The molecule has 1 heterocycles. The van der Waals surface area contributed by atoms with Gasteiger partial charge in [-0.1, -0.05) is 6.42 Å². The van der Waals surface area contributed by atoms with Crippen molar-refractivity contribution in [3.63, 3.8) is 0 Å². The second-order valence-electron chi connectivity index (χ2n) is 4.04. The maximum atomic E-state index is 11.2. The molecular weight excluding hydrogens is 210 g/mol. The molecular formula is C10H19N3O3. The van der Waals surface area contributed by atoms with Crippen molar-refractivity contribution in [2.24, 2.45) is 5.73 Å². The standard InChI is InChI=1S/C10H19N3O3/c11-9(14)8-4-1-2-6-13(8)7-3-5-12-10(15)16/h8,12H,1-7H2,(H2,11,14)(H,15,16)/t8-/m0/s1. The summed E-state index contributed by atoms with van der Waals surface area (Å²) >= 11 is 0. The Kier molecular flexibility index (Phi) is 5.04. The van der Waals surface area contributed by atoms with Crippen LogP contribution in [0.3, 0.4) is 0 Å². The van der Waals surface area contributed by atoms with Crippen LogP contribution in [-0.4, -0.2) is 47.7 Å². The Bertz CT molecular complexity index is 258. The van der Waals surface area contributed by atoms with E-state index in [1.165, 1.54) is 0 Å². The predicted molar refractivity (Wildman–Crippen MR) is 59.1 cm³/mol. The van der Waals surface area contributed by atoms with Gasteiger partial charge in [0.25, 0.3) is 0 Å². The molecule has 0 spiro atoms. The third kappa shape index (κ3) is 4.06. The van der Waals surface area contributed by atoms with Gasteiger partial charge < -0.3 is 16.2 Å². The Morgan fingerprint density at radius 1 is 1.44 bits per heavy atom. The van der Waals surface area contributed by atoms with Gasteiger partial charge in [0.1, 0.15) is 0 Å². The van der Waals surface area contributed by atoms with E-state index in [1.54, 1.807) is 0 Å². The van der Waals surface area contributed by atoms with Crippen molar-refractivity contribution in [1.82, 2.24) is 10.2 Å². The summed E-state index contributed by atoms with van der Waals surface area (Å²) in [6.07, 6.45) is 2.64. The first-order chi connectivity index (χ1) is 7.61. The van der Waals surface area contributed by atoms with E-state index in [2.05, 4.69) is 10.2 Å². The molecule has 1 aliphatic heterocycles. The van der Waals surface area contributed by atoms with Crippen molar-refractivity contribution >= 4 is 12.0 Å². The number of carbonyl (C=O) groups excluding carboxylic acids is 1. The topological polar surface area (TPSA) is 95.7 Å². The molecule has 1 atom stereocenters. The molecule has 16 heavy (non-hydrogen) atoms. The minimum Gasteiger partial charge on any atom is -0.465 e. The van der Waals surface area contributed by atoms with Crippen LogP contribution in [0, 0.1) is 0 Å². The quantitative estimate of drug-likeness (QED) is 0.577. The van der Waals surface area contributed by atoms with Crippen LogP contribution in [0.4, 0.5) is 4.79 Å². The Labute approximate surface area is 94.8 Å². The van der Waals surface area contributed by atoms with E-state index >= 15 is 0 Å². The summed E-state index contributed by atoms with van der Waals surface area (Å²) in [4.78, 5) is 23.5. The molecule has 0 bridgehead atoms. The van der Waals surface area contributed by atoms with Gasteiger partial charge in [-0.05, 0) is 25.8 Å². The molecule has 6 heteroatoms. The molecule has 0 aliphatic carbocycles. The van der Waals surface area contributed by atoms with Crippen LogP contribution in [0.1, 0.15) is 25.7 Å². The highest BCUT2D eigenvalue weighted by Crippen LogP contribution is 2.16. The van der Waals surface area contributed by atoms with Crippen LogP contribution in [0.15, 0.2) is 0 Å². The van der Waals surface area contributed by atoms with E-state index in [1.807, 2.05) is 0 Å². The monoisotopic (exact) mass is 229 g/mol. The Balaban J connectivity index is 2.27. The van der Waals surface area contributed by atoms with Crippen LogP contribution in [0.2, 0.25) is 0 Å². The molecule has 1 saturated heterocycles. The van der Waals surface area contributed by atoms with Crippen molar-refractivity contribution in [2.45, 2.75) is 31.7 Å². The minimum atomic E-state index is -1.01. The molecule has 6 nitrogen and oxygen atoms in total. The van der Waals surface area contributed by atoms with Crippen molar-refractivity contribution < 1.29 is 14.7 Å². The number of nitrogens with two attached hydrogens (primary N) is 1. The van der Waals surface area contributed by atoms with E-state index in [0.29, 0.717) is 19.5 Å². The van der Waals surface area contributed by atoms with Gasteiger partial charge in [-0.25, -0.2) is 4.79 Å². The van der Waals surface area contributed by atoms with E-state index < -0.39 is 6.09 Å². The van der Waals surface area contributed by atoms with Gasteiger partial charge >= 0.3 is 6.09 Å². The van der Waals surface area contributed by atoms with Crippen LogP contribution in [0.5, 0.6) is 0 Å². The van der Waals surface area contributed by atoms with Gasteiger partial charge in [0.2, 0.25) is 5.91 Å². The Morgan fingerprint density at radius 2 is 2.19 bits per heavy atom. The number of carboxylic acid groups (broad SMARTS) is 1. The molecule has 0 saturated carbocycles. The summed E-state index contributed by atoms with van der Waals surface area (Å²) in [6, 6.07) is -0.168. The lowest BCUT2D eigenvalue weighted by atomic mass is 10.0. The number of likely N-dealkylation sites (tertiary alicyclic amines) is 1. The first-order valence-electron chi connectivity index (χ1n) is 5.61. The smallest absolute Gasteiger partial charge is 0.404 e. The summed E-state index contributed by atoms with van der Waals surface area (Å²) in [5, 5.41) is 10.7. The second-order valence-corrected chi connectivity index (χ2v) is 4.04. The zero-order valence-electron chi connectivity index (χ0n) is 9.32. The van der Waals surface area contributed by atoms with Crippen molar-refractivity contribution in [2.75, 3.05) is 19.6 Å². The molecule has 4 N–H and O–H groups in total. The molecule has 1 aliphatic rings. The third-order valence-corrected chi connectivity index (χ3v) is 2.84. The number of nitrogens with zero attached hydrogens (tertiary/aromatic N) is 1. The van der Waals surface area contributed by atoms with Crippen LogP contribution in [0.25, 0.3) is 0 Å². The van der Waals surface area contributed by atoms with E-state index in [-0.39, 0.29) is 11.9 Å². The van der Waals surface area contributed by atoms with Gasteiger partial charge in [-0.2, -0.15) is 0 Å². The molecule has 1 rings (SSSR count). The lowest BCUT2D eigenvalue weighted by Gasteiger charge is -2.33. The van der Waals surface area contributed by atoms with Crippen LogP contribution >= 0.6 is 0 Å². The van der Waals surface area contributed by atoms with E-state index in [0.717, 1.165) is 25.8 Å². The van der Waals surface area contributed by atoms with E-state index in [9.17, 15) is 9.59 Å². The molecule has 0 unspecified atom stereocenters. The lowest BCUT2D eigenvalue weighted by molar-refractivity contribution is -0.124. The molecule has 0 aromatic rings. The third-order valence-electron chi connectivity index (χ3n) is 2.84. The molecule has 0 radical (unpaired) electrons. The summed E-state index contributed by atoms with van der Waals surface area (Å²) < 4.78 is 0. The zero-order valence-corrected chi connectivity index (χ0v) is 9.32. The van der Waals surface area contributed by atoms with Crippen molar-refractivity contribution in [1.29, 1.82) is 0 Å². The van der Waals surface area contributed by atoms with Crippen molar-refractivity contribution in [3.8, 4) is 0 Å². The highest BCUT2D eigenvalue weighted by molar-refractivity contribution is 5.79. The number of carbonyl (C=O) groups is 2. The highest BCUT2D eigenvalue weighted by atomic mass is 16.4. The largest absolute Gasteiger partial charge is 0.465 e. The molecule has 0 aromatic heterocycles. The summed E-state index contributed by atoms with van der Waals surface area (Å²) in [6.45, 7) is 2.01. The van der Waals surface area contributed by atoms with Crippen LogP contribution < -0.4 is 11.1 Å². The molecule has 1 fully saturated rings. The SMILES string of the molecule is NC(=O)[C@@H]1CCCCN1CCCNC(=O)O. The fraction of sp³-hybridized carbons (Fsp3) is 0.800. The summed E-state index contributed by atoms with van der Waals surface area (Å²) in [7, 11) is 0. The Morgan fingerprint density at radius 3 is 2.81 bits per heavy atom. The van der Waals surface area contributed by atoms with Gasteiger partial charge in [0.15, 0.2) is 0 Å². The normalized spacial score (nSPS) is 21.6. The molecule has 92 valence electrons. The molecule has 0 aromatic carbocycles. The number of nitrogens with one attached hydrogen (secondary N) is 1. The minimum absolute atomic E-state index is 0.168. The summed E-state index contributed by atoms with van der Waals surface area (Å²) in [5.74, 6) is -0.272. The number of amides is 2. The van der Waals surface area contributed by atoms with Gasteiger partial charge in [-0.3, -0.25) is 9.69 Å². The van der Waals surface area contributed by atoms with Crippen molar-refractivity contribution in [3.05, 3.63) is 0 Å². The first kappa shape index (κ1) is 12.8. The van der Waals surface area contributed by atoms with Gasteiger partial charge in [0, 0.05) is 13.1 Å². The van der Waals surface area contributed by atoms with Gasteiger partial charge in [0.05, 0.1) is 6.04 Å².